The van der Waals surface area contributed by atoms with Crippen LogP contribution in [0.4, 0.5) is 5.82 Å². The molecule has 3 aromatic heterocycles. The fourth-order valence-electron chi connectivity index (χ4n) is 2.80. The number of rotatable bonds is 7. The Balaban J connectivity index is 1.56. The van der Waals surface area contributed by atoms with Gasteiger partial charge in [0, 0.05) is 43.3 Å². The number of aromatic nitrogens is 5. The molecule has 0 radical (unpaired) electrons. The molecule has 0 aliphatic heterocycles. The molecule has 0 aliphatic carbocycles. The maximum Gasteiger partial charge on any atom is 0.180 e. The van der Waals surface area contributed by atoms with Crippen molar-refractivity contribution in [2.24, 2.45) is 0 Å². The summed E-state index contributed by atoms with van der Waals surface area (Å²) >= 11 is 0. The number of nitrogens with zero attached hydrogens (tertiary/aromatic N) is 5. The first-order valence-corrected chi connectivity index (χ1v) is 8.94. The van der Waals surface area contributed by atoms with E-state index in [9.17, 15) is 0 Å². The van der Waals surface area contributed by atoms with Crippen molar-refractivity contribution in [1.82, 2.24) is 24.5 Å². The molecule has 3 heterocycles. The second kappa shape index (κ2) is 8.23. The highest BCUT2D eigenvalue weighted by Gasteiger charge is 2.09. The lowest BCUT2D eigenvalue weighted by Crippen LogP contribution is -2.08. The third kappa shape index (κ3) is 4.36. The van der Waals surface area contributed by atoms with Gasteiger partial charge in [-0.2, -0.15) is 0 Å². The summed E-state index contributed by atoms with van der Waals surface area (Å²) < 4.78 is 2.07. The van der Waals surface area contributed by atoms with Crippen molar-refractivity contribution in [1.29, 1.82) is 0 Å². The van der Waals surface area contributed by atoms with Gasteiger partial charge in [0.25, 0.3) is 0 Å². The van der Waals surface area contributed by atoms with Crippen molar-refractivity contribution in [3.05, 3.63) is 79.5 Å². The largest absolute Gasteiger partial charge is 0.370 e. The first-order chi connectivity index (χ1) is 13.4. The van der Waals surface area contributed by atoms with E-state index in [1.807, 2.05) is 67.1 Å². The van der Waals surface area contributed by atoms with E-state index in [4.69, 9.17) is 4.98 Å². The Hall–Kier alpha value is -3.54. The van der Waals surface area contributed by atoms with Gasteiger partial charge < -0.3 is 9.88 Å². The quantitative estimate of drug-likeness (QED) is 0.509. The second-order valence-electron chi connectivity index (χ2n) is 6.12. The van der Waals surface area contributed by atoms with Crippen LogP contribution in [0, 0.1) is 0 Å². The van der Waals surface area contributed by atoms with Gasteiger partial charge >= 0.3 is 0 Å². The monoisotopic (exact) mass is 356 g/mol. The molecule has 27 heavy (non-hydrogen) atoms. The van der Waals surface area contributed by atoms with Gasteiger partial charge in [-0.05, 0) is 18.6 Å². The normalized spacial score (nSPS) is 10.7. The van der Waals surface area contributed by atoms with E-state index < -0.39 is 0 Å². The average molecular weight is 356 g/mol. The van der Waals surface area contributed by atoms with E-state index in [1.54, 1.807) is 12.4 Å². The standard InChI is InChI=1S/C21H20N6/c1-2-7-17(8-3-1)19-15-20(24-11-6-13-27-14-12-22-16-27)26-21(25-19)18-9-4-5-10-23-18/h1-5,7-10,12,14-16H,6,11,13H2,(H,24,25,26). The number of anilines is 1. The summed E-state index contributed by atoms with van der Waals surface area (Å²) in [7, 11) is 0. The highest BCUT2D eigenvalue weighted by atomic mass is 15.1. The third-order valence-corrected chi connectivity index (χ3v) is 4.15. The molecule has 0 amide bonds. The van der Waals surface area contributed by atoms with Gasteiger partial charge in [-0.3, -0.25) is 4.98 Å². The Morgan fingerprint density at radius 1 is 0.889 bits per heavy atom. The lowest BCUT2D eigenvalue weighted by molar-refractivity contribution is 0.660. The number of benzene rings is 1. The first kappa shape index (κ1) is 16.9. The number of hydrogen-bond acceptors (Lipinski definition) is 5. The predicted octanol–water partition coefficient (Wildman–Crippen LogP) is 3.90. The van der Waals surface area contributed by atoms with Crippen LogP contribution in [0.15, 0.2) is 79.5 Å². The zero-order valence-corrected chi connectivity index (χ0v) is 14.9. The van der Waals surface area contributed by atoms with Gasteiger partial charge in [0.05, 0.1) is 12.0 Å². The van der Waals surface area contributed by atoms with Crippen LogP contribution in [0.1, 0.15) is 6.42 Å². The Kier molecular flexibility index (Phi) is 5.15. The maximum atomic E-state index is 4.72. The molecule has 0 aliphatic rings. The first-order valence-electron chi connectivity index (χ1n) is 8.94. The van der Waals surface area contributed by atoms with Crippen molar-refractivity contribution in [3.63, 3.8) is 0 Å². The van der Waals surface area contributed by atoms with Crippen molar-refractivity contribution in [2.45, 2.75) is 13.0 Å². The topological polar surface area (TPSA) is 68.5 Å². The van der Waals surface area contributed by atoms with Crippen LogP contribution < -0.4 is 5.32 Å². The van der Waals surface area contributed by atoms with Crippen LogP contribution in [0.5, 0.6) is 0 Å². The van der Waals surface area contributed by atoms with E-state index in [0.717, 1.165) is 42.3 Å². The molecule has 4 rings (SSSR count). The minimum atomic E-state index is 0.620. The van der Waals surface area contributed by atoms with Crippen LogP contribution in [0.3, 0.4) is 0 Å². The Labute approximate surface area is 158 Å². The number of aryl methyl sites for hydroxylation is 1. The van der Waals surface area contributed by atoms with Crippen LogP contribution in [0.25, 0.3) is 22.8 Å². The molecule has 0 atom stereocenters. The van der Waals surface area contributed by atoms with E-state index in [1.165, 1.54) is 0 Å². The van der Waals surface area contributed by atoms with E-state index in [2.05, 4.69) is 24.8 Å². The Morgan fingerprint density at radius 2 is 1.78 bits per heavy atom. The number of pyridine rings is 1. The minimum Gasteiger partial charge on any atom is -0.370 e. The van der Waals surface area contributed by atoms with Crippen LogP contribution in [-0.4, -0.2) is 31.0 Å². The molecule has 6 nitrogen and oxygen atoms in total. The average Bonchev–Trinajstić information content (AvgIpc) is 3.26. The van der Waals surface area contributed by atoms with Gasteiger partial charge in [0.2, 0.25) is 0 Å². The Morgan fingerprint density at radius 3 is 2.56 bits per heavy atom. The number of hydrogen-bond donors (Lipinski definition) is 1. The molecule has 6 heteroatoms. The van der Waals surface area contributed by atoms with Crippen LogP contribution in [0.2, 0.25) is 0 Å². The summed E-state index contributed by atoms with van der Waals surface area (Å²) in [6.45, 7) is 1.72. The predicted molar refractivity (Wildman–Crippen MR) is 106 cm³/mol. The fraction of sp³-hybridized carbons (Fsp3) is 0.143. The van der Waals surface area contributed by atoms with Gasteiger partial charge in [-0.25, -0.2) is 15.0 Å². The Bertz CT molecular complexity index is 911. The van der Waals surface area contributed by atoms with Crippen LogP contribution in [-0.2, 0) is 6.54 Å². The lowest BCUT2D eigenvalue weighted by atomic mass is 10.1. The molecule has 0 spiro atoms. The fourth-order valence-corrected chi connectivity index (χ4v) is 2.80. The highest BCUT2D eigenvalue weighted by molar-refractivity contribution is 5.66. The van der Waals surface area contributed by atoms with Gasteiger partial charge in [0.15, 0.2) is 5.82 Å². The lowest BCUT2D eigenvalue weighted by Gasteiger charge is -2.10. The molecule has 0 fully saturated rings. The molecule has 0 saturated heterocycles. The molecule has 0 bridgehead atoms. The summed E-state index contributed by atoms with van der Waals surface area (Å²) in [5.74, 6) is 1.42. The van der Waals surface area contributed by atoms with Gasteiger partial charge in [-0.15, -0.1) is 0 Å². The SMILES string of the molecule is c1ccc(-c2cc(NCCCn3ccnc3)nc(-c3ccccn3)n2)cc1. The zero-order valence-electron chi connectivity index (χ0n) is 14.9. The molecular formula is C21H20N6. The highest BCUT2D eigenvalue weighted by Crippen LogP contribution is 2.23. The number of imidazole rings is 1. The zero-order chi connectivity index (χ0) is 18.3. The smallest absolute Gasteiger partial charge is 0.180 e. The van der Waals surface area contributed by atoms with E-state index in [-0.39, 0.29) is 0 Å². The van der Waals surface area contributed by atoms with Crippen molar-refractivity contribution < 1.29 is 0 Å². The summed E-state index contributed by atoms with van der Waals surface area (Å²) in [4.78, 5) is 17.8. The molecule has 0 saturated carbocycles. The summed E-state index contributed by atoms with van der Waals surface area (Å²) in [5, 5.41) is 3.41. The molecule has 4 aromatic rings. The number of nitrogens with one attached hydrogen (secondary N) is 1. The molecular weight excluding hydrogens is 336 g/mol. The van der Waals surface area contributed by atoms with Crippen LogP contribution >= 0.6 is 0 Å². The van der Waals surface area contributed by atoms with Crippen molar-refractivity contribution in [3.8, 4) is 22.8 Å². The summed E-state index contributed by atoms with van der Waals surface area (Å²) in [6, 6.07) is 17.9. The molecule has 0 unspecified atom stereocenters. The van der Waals surface area contributed by atoms with Gasteiger partial charge in [0.1, 0.15) is 11.5 Å². The summed E-state index contributed by atoms with van der Waals surface area (Å²) in [6.07, 6.45) is 8.32. The minimum absolute atomic E-state index is 0.620. The van der Waals surface area contributed by atoms with Crippen molar-refractivity contribution >= 4 is 5.82 Å². The van der Waals surface area contributed by atoms with E-state index in [0.29, 0.717) is 5.82 Å². The molecule has 1 aromatic carbocycles. The third-order valence-electron chi connectivity index (χ3n) is 4.15. The van der Waals surface area contributed by atoms with Crippen molar-refractivity contribution in [2.75, 3.05) is 11.9 Å². The molecule has 1 N–H and O–H groups in total. The maximum absolute atomic E-state index is 4.72. The summed E-state index contributed by atoms with van der Waals surface area (Å²) in [5.41, 5.74) is 2.69. The van der Waals surface area contributed by atoms with Gasteiger partial charge in [-0.1, -0.05) is 36.4 Å². The molecule has 134 valence electrons. The van der Waals surface area contributed by atoms with E-state index >= 15 is 0 Å². The second-order valence-corrected chi connectivity index (χ2v) is 6.12.